The average molecular weight is 380 g/mol. The number of hydrogen-bond donors (Lipinski definition) is 0. The maximum atomic E-state index is 12.8. The molecule has 0 atom stereocenters. The second kappa shape index (κ2) is 7.31. The number of nitrogens with zero attached hydrogens (tertiary/aromatic N) is 3. The Morgan fingerprint density at radius 1 is 1.19 bits per heavy atom. The van der Waals surface area contributed by atoms with Gasteiger partial charge in [-0.2, -0.15) is 0 Å². The van der Waals surface area contributed by atoms with E-state index < -0.39 is 0 Å². The molecule has 0 fully saturated rings. The minimum atomic E-state index is 0.103. The number of fused-ring (bicyclic) bond motifs is 2. The van der Waals surface area contributed by atoms with Crippen LogP contribution >= 0.6 is 11.3 Å². The molecule has 3 aromatic rings. The molecule has 3 heterocycles. The molecule has 27 heavy (non-hydrogen) atoms. The van der Waals surface area contributed by atoms with Gasteiger partial charge >= 0.3 is 0 Å². The summed E-state index contributed by atoms with van der Waals surface area (Å²) in [7, 11) is 0. The van der Waals surface area contributed by atoms with Crippen molar-refractivity contribution in [3.05, 3.63) is 57.0 Å². The fraction of sp³-hybridized carbons (Fsp3) is 0.364. The summed E-state index contributed by atoms with van der Waals surface area (Å²) < 4.78 is 1.84. The minimum absolute atomic E-state index is 0.103. The first kappa shape index (κ1) is 18.0. The van der Waals surface area contributed by atoms with Crippen LogP contribution in [0, 0.1) is 0 Å². The fourth-order valence-corrected chi connectivity index (χ4v) is 4.70. The zero-order chi connectivity index (χ0) is 19.0. The van der Waals surface area contributed by atoms with Crippen LogP contribution in [-0.2, 0) is 13.0 Å². The van der Waals surface area contributed by atoms with Crippen LogP contribution in [0.3, 0.4) is 0 Å². The maximum Gasteiger partial charge on any atom is 0.262 e. The molecule has 4 rings (SSSR count). The molecule has 0 spiro atoms. The van der Waals surface area contributed by atoms with E-state index in [9.17, 15) is 4.79 Å². The van der Waals surface area contributed by atoms with Crippen LogP contribution < -0.4 is 10.5 Å². The molecule has 140 valence electrons. The highest BCUT2D eigenvalue weighted by atomic mass is 32.1. The summed E-state index contributed by atoms with van der Waals surface area (Å²) in [6, 6.07) is 10.7. The van der Waals surface area contributed by atoms with Crippen molar-refractivity contribution in [1.29, 1.82) is 0 Å². The Bertz CT molecular complexity index is 1060. The molecular formula is C22H25N3OS. The SMILES string of the molecule is CCc1cc2c(=O)n3c(nc2s1)/C(=C/c1ccc(N(CC)CC)cc1)CC3. The van der Waals surface area contributed by atoms with E-state index >= 15 is 0 Å². The van der Waals surface area contributed by atoms with Crippen LogP contribution in [0.4, 0.5) is 5.69 Å². The first-order valence-corrected chi connectivity index (χ1v) is 10.6. The summed E-state index contributed by atoms with van der Waals surface area (Å²) in [5, 5.41) is 0.769. The molecular weight excluding hydrogens is 354 g/mol. The van der Waals surface area contributed by atoms with Crippen molar-refractivity contribution in [2.45, 2.75) is 40.2 Å². The van der Waals surface area contributed by atoms with Gasteiger partial charge in [-0.1, -0.05) is 19.1 Å². The normalized spacial score (nSPS) is 14.9. The third-order valence-electron chi connectivity index (χ3n) is 5.31. The molecule has 0 amide bonds. The number of hydrogen-bond acceptors (Lipinski definition) is 4. The van der Waals surface area contributed by atoms with Gasteiger partial charge in [-0.25, -0.2) is 4.98 Å². The van der Waals surface area contributed by atoms with Gasteiger partial charge in [0.1, 0.15) is 10.7 Å². The summed E-state index contributed by atoms with van der Waals surface area (Å²) >= 11 is 1.64. The molecule has 1 aliphatic heterocycles. The second-order valence-corrected chi connectivity index (χ2v) is 7.98. The number of aryl methyl sites for hydroxylation is 1. The molecule has 0 unspecified atom stereocenters. The van der Waals surface area contributed by atoms with Gasteiger partial charge in [0.15, 0.2) is 0 Å². The molecule has 0 bridgehead atoms. The number of benzene rings is 1. The number of allylic oxidation sites excluding steroid dienone is 1. The maximum absolute atomic E-state index is 12.8. The minimum Gasteiger partial charge on any atom is -0.372 e. The zero-order valence-corrected chi connectivity index (χ0v) is 17.0. The fourth-order valence-electron chi connectivity index (χ4n) is 3.74. The van der Waals surface area contributed by atoms with Crippen molar-refractivity contribution in [2.75, 3.05) is 18.0 Å². The third-order valence-corrected chi connectivity index (χ3v) is 6.48. The van der Waals surface area contributed by atoms with E-state index in [1.807, 2.05) is 10.6 Å². The van der Waals surface area contributed by atoms with Crippen molar-refractivity contribution in [2.24, 2.45) is 0 Å². The summed E-state index contributed by atoms with van der Waals surface area (Å²) in [5.74, 6) is 0.838. The van der Waals surface area contributed by atoms with E-state index in [4.69, 9.17) is 4.98 Å². The van der Waals surface area contributed by atoms with Gasteiger partial charge in [-0.05, 0) is 62.1 Å². The Labute approximate surface area is 163 Å². The lowest BCUT2D eigenvalue weighted by Gasteiger charge is -2.20. The lowest BCUT2D eigenvalue weighted by molar-refractivity contribution is 0.726. The molecule has 0 radical (unpaired) electrons. The average Bonchev–Trinajstić information content (AvgIpc) is 3.29. The summed E-state index contributed by atoms with van der Waals surface area (Å²) in [4.78, 5) is 22.1. The van der Waals surface area contributed by atoms with Gasteiger partial charge in [0.25, 0.3) is 5.56 Å². The number of aromatic nitrogens is 2. The first-order valence-electron chi connectivity index (χ1n) is 9.73. The summed E-state index contributed by atoms with van der Waals surface area (Å²) in [6.45, 7) is 9.20. The van der Waals surface area contributed by atoms with Crippen LogP contribution in [0.1, 0.15) is 43.5 Å². The first-order chi connectivity index (χ1) is 13.1. The van der Waals surface area contributed by atoms with E-state index in [1.54, 1.807) is 11.3 Å². The largest absolute Gasteiger partial charge is 0.372 e. The number of anilines is 1. The number of thiophene rings is 1. The van der Waals surface area contributed by atoms with Crippen molar-refractivity contribution >= 4 is 38.9 Å². The highest BCUT2D eigenvalue weighted by Gasteiger charge is 2.22. The Morgan fingerprint density at radius 3 is 2.59 bits per heavy atom. The molecule has 0 saturated heterocycles. The lowest BCUT2D eigenvalue weighted by Crippen LogP contribution is -2.21. The van der Waals surface area contributed by atoms with Gasteiger partial charge < -0.3 is 4.90 Å². The molecule has 0 N–H and O–H groups in total. The van der Waals surface area contributed by atoms with Crippen molar-refractivity contribution in [3.63, 3.8) is 0 Å². The molecule has 1 aliphatic rings. The highest BCUT2D eigenvalue weighted by Crippen LogP contribution is 2.30. The highest BCUT2D eigenvalue weighted by molar-refractivity contribution is 7.18. The van der Waals surface area contributed by atoms with E-state index in [0.717, 1.165) is 59.7 Å². The second-order valence-electron chi connectivity index (χ2n) is 6.86. The predicted molar refractivity (Wildman–Crippen MR) is 116 cm³/mol. The van der Waals surface area contributed by atoms with Gasteiger partial charge in [0.2, 0.25) is 0 Å². The van der Waals surface area contributed by atoms with Crippen LogP contribution in [0.15, 0.2) is 35.1 Å². The van der Waals surface area contributed by atoms with E-state index in [-0.39, 0.29) is 5.56 Å². The predicted octanol–water partition coefficient (Wildman–Crippen LogP) is 4.81. The van der Waals surface area contributed by atoms with Gasteiger partial charge in [-0.3, -0.25) is 9.36 Å². The van der Waals surface area contributed by atoms with Crippen LogP contribution in [0.2, 0.25) is 0 Å². The standard InChI is InChI=1S/C22H25N3OS/c1-4-18-14-19-21(27-18)23-20-16(11-12-25(20)22(19)26)13-15-7-9-17(10-8-15)24(5-2)6-3/h7-10,13-14H,4-6,11-12H2,1-3H3/b16-13+. The molecule has 5 heteroatoms. The van der Waals surface area contributed by atoms with Crippen LogP contribution in [0.25, 0.3) is 21.9 Å². The van der Waals surface area contributed by atoms with Crippen molar-refractivity contribution in [1.82, 2.24) is 9.55 Å². The summed E-state index contributed by atoms with van der Waals surface area (Å²) in [6.07, 6.45) is 3.98. The van der Waals surface area contributed by atoms with E-state index in [2.05, 4.69) is 56.0 Å². The molecule has 4 nitrogen and oxygen atoms in total. The molecule has 0 aliphatic carbocycles. The molecule has 1 aromatic carbocycles. The van der Waals surface area contributed by atoms with Crippen LogP contribution in [-0.4, -0.2) is 22.6 Å². The van der Waals surface area contributed by atoms with E-state index in [1.165, 1.54) is 10.6 Å². The number of rotatable bonds is 5. The van der Waals surface area contributed by atoms with Crippen LogP contribution in [0.5, 0.6) is 0 Å². The van der Waals surface area contributed by atoms with Gasteiger partial charge in [0.05, 0.1) is 5.39 Å². The van der Waals surface area contributed by atoms with E-state index in [0.29, 0.717) is 0 Å². The Morgan fingerprint density at radius 2 is 1.93 bits per heavy atom. The smallest absolute Gasteiger partial charge is 0.262 e. The Kier molecular flexibility index (Phi) is 4.87. The monoisotopic (exact) mass is 379 g/mol. The Balaban J connectivity index is 1.71. The summed E-state index contributed by atoms with van der Waals surface area (Å²) in [5.41, 5.74) is 3.65. The lowest BCUT2D eigenvalue weighted by atomic mass is 10.1. The molecule has 2 aromatic heterocycles. The zero-order valence-electron chi connectivity index (χ0n) is 16.2. The van der Waals surface area contributed by atoms with Crippen molar-refractivity contribution < 1.29 is 0 Å². The topological polar surface area (TPSA) is 38.1 Å². The Hall–Kier alpha value is -2.40. The van der Waals surface area contributed by atoms with Gasteiger partial charge in [0, 0.05) is 30.2 Å². The van der Waals surface area contributed by atoms with Gasteiger partial charge in [-0.15, -0.1) is 11.3 Å². The quantitative estimate of drug-likeness (QED) is 0.638. The van der Waals surface area contributed by atoms with Crippen molar-refractivity contribution in [3.8, 4) is 0 Å². The third kappa shape index (κ3) is 3.21. The molecule has 0 saturated carbocycles.